The molecule has 0 fully saturated rings. The highest BCUT2D eigenvalue weighted by molar-refractivity contribution is 6.09. The standard InChI is InChI=1S/C17H11FN2O3/c18-14-3-1-2-11(9-14)8-13(10-19)16(21)20-15-6-4-12(5-7-15)17(22)23/h1-9H,(H,20,21)(H,22,23)/p-1/b13-8+. The Hall–Kier alpha value is -3.46. The Labute approximate surface area is 131 Å². The van der Waals surface area contributed by atoms with Gasteiger partial charge in [-0.1, -0.05) is 24.3 Å². The molecule has 0 atom stereocenters. The lowest BCUT2D eigenvalue weighted by Crippen LogP contribution is -2.22. The van der Waals surface area contributed by atoms with Crippen LogP contribution >= 0.6 is 0 Å². The van der Waals surface area contributed by atoms with Crippen molar-refractivity contribution >= 4 is 23.6 Å². The first-order valence-electron chi connectivity index (χ1n) is 6.50. The number of rotatable bonds is 4. The van der Waals surface area contributed by atoms with Crippen molar-refractivity contribution in [1.82, 2.24) is 0 Å². The first-order chi connectivity index (χ1) is 11.0. The molecule has 2 aromatic carbocycles. The number of nitriles is 1. The molecule has 5 nitrogen and oxygen atoms in total. The summed E-state index contributed by atoms with van der Waals surface area (Å²) in [6.07, 6.45) is 1.26. The van der Waals surface area contributed by atoms with Crippen molar-refractivity contribution < 1.29 is 19.1 Å². The number of carbonyl (C=O) groups is 2. The van der Waals surface area contributed by atoms with E-state index in [0.717, 1.165) is 0 Å². The van der Waals surface area contributed by atoms with Crippen molar-refractivity contribution in [1.29, 1.82) is 5.26 Å². The maximum absolute atomic E-state index is 13.1. The number of aromatic carboxylic acids is 1. The molecule has 0 aromatic heterocycles. The van der Waals surface area contributed by atoms with Crippen LogP contribution < -0.4 is 10.4 Å². The van der Waals surface area contributed by atoms with E-state index in [1.54, 1.807) is 12.1 Å². The summed E-state index contributed by atoms with van der Waals surface area (Å²) in [5.41, 5.74) is 0.461. The van der Waals surface area contributed by atoms with E-state index in [2.05, 4.69) is 5.32 Å². The van der Waals surface area contributed by atoms with Crippen molar-refractivity contribution in [2.45, 2.75) is 0 Å². The molecular weight excluding hydrogens is 299 g/mol. The summed E-state index contributed by atoms with van der Waals surface area (Å²) in [7, 11) is 0. The fourth-order valence-corrected chi connectivity index (χ4v) is 1.80. The number of carbonyl (C=O) groups excluding carboxylic acids is 2. The summed E-state index contributed by atoms with van der Waals surface area (Å²) in [6.45, 7) is 0. The maximum atomic E-state index is 13.1. The highest BCUT2D eigenvalue weighted by Gasteiger charge is 2.09. The summed E-state index contributed by atoms with van der Waals surface area (Å²) in [5, 5.41) is 22.2. The van der Waals surface area contributed by atoms with Gasteiger partial charge in [-0.2, -0.15) is 5.26 Å². The van der Waals surface area contributed by atoms with E-state index in [1.165, 1.54) is 48.5 Å². The molecule has 0 spiro atoms. The van der Waals surface area contributed by atoms with Gasteiger partial charge in [-0.3, -0.25) is 4.79 Å². The number of hydrogen-bond donors (Lipinski definition) is 1. The summed E-state index contributed by atoms with van der Waals surface area (Å²) >= 11 is 0. The summed E-state index contributed by atoms with van der Waals surface area (Å²) in [4.78, 5) is 22.7. The minimum absolute atomic E-state index is 0.0289. The van der Waals surface area contributed by atoms with E-state index < -0.39 is 17.7 Å². The van der Waals surface area contributed by atoms with Crippen LogP contribution in [-0.2, 0) is 4.79 Å². The second kappa shape index (κ2) is 7.00. The number of carboxylic acids is 1. The van der Waals surface area contributed by atoms with Gasteiger partial charge in [0.25, 0.3) is 5.91 Å². The molecule has 2 aromatic rings. The average molecular weight is 309 g/mol. The third-order valence-corrected chi connectivity index (χ3v) is 2.90. The molecule has 0 aliphatic carbocycles. The van der Waals surface area contributed by atoms with Crippen molar-refractivity contribution in [3.63, 3.8) is 0 Å². The number of halogens is 1. The highest BCUT2D eigenvalue weighted by Crippen LogP contribution is 2.13. The molecule has 0 radical (unpaired) electrons. The number of benzene rings is 2. The molecule has 1 N–H and O–H groups in total. The second-order valence-electron chi connectivity index (χ2n) is 4.54. The Morgan fingerprint density at radius 2 is 1.87 bits per heavy atom. The number of nitrogens with one attached hydrogen (secondary N) is 1. The van der Waals surface area contributed by atoms with E-state index in [4.69, 9.17) is 5.26 Å². The van der Waals surface area contributed by atoms with E-state index >= 15 is 0 Å². The fraction of sp³-hybridized carbons (Fsp3) is 0. The maximum Gasteiger partial charge on any atom is 0.266 e. The van der Waals surface area contributed by atoms with Crippen molar-refractivity contribution in [2.24, 2.45) is 0 Å². The Morgan fingerprint density at radius 3 is 2.43 bits per heavy atom. The molecule has 1 amide bonds. The molecule has 0 bridgehead atoms. The average Bonchev–Trinajstić information content (AvgIpc) is 2.53. The number of carboxylic acid groups (broad SMARTS) is 1. The van der Waals surface area contributed by atoms with Crippen LogP contribution in [0, 0.1) is 17.1 Å². The third kappa shape index (κ3) is 4.25. The van der Waals surface area contributed by atoms with Gasteiger partial charge in [-0.25, -0.2) is 4.39 Å². The van der Waals surface area contributed by atoms with Crippen LogP contribution in [0.4, 0.5) is 10.1 Å². The Morgan fingerprint density at radius 1 is 1.17 bits per heavy atom. The molecule has 6 heteroatoms. The topological polar surface area (TPSA) is 93.0 Å². The zero-order valence-electron chi connectivity index (χ0n) is 11.7. The van der Waals surface area contributed by atoms with E-state index in [0.29, 0.717) is 11.3 Å². The van der Waals surface area contributed by atoms with E-state index in [-0.39, 0.29) is 11.1 Å². The molecule has 2 rings (SSSR count). The van der Waals surface area contributed by atoms with Crippen molar-refractivity contribution in [3.05, 3.63) is 71.0 Å². The van der Waals surface area contributed by atoms with Gasteiger partial charge in [0.1, 0.15) is 17.5 Å². The van der Waals surface area contributed by atoms with Crippen molar-refractivity contribution in [2.75, 3.05) is 5.32 Å². The molecule has 0 aliphatic heterocycles. The van der Waals surface area contributed by atoms with Gasteiger partial charge in [-0.15, -0.1) is 0 Å². The van der Waals surface area contributed by atoms with E-state index in [9.17, 15) is 19.1 Å². The molecule has 0 heterocycles. The van der Waals surface area contributed by atoms with Gasteiger partial charge < -0.3 is 15.2 Å². The van der Waals surface area contributed by atoms with Crippen LogP contribution in [0.1, 0.15) is 15.9 Å². The van der Waals surface area contributed by atoms with Gasteiger partial charge in [0.05, 0.1) is 5.97 Å². The number of amides is 1. The molecule has 114 valence electrons. The quantitative estimate of drug-likeness (QED) is 0.687. The van der Waals surface area contributed by atoms with Crippen LogP contribution in [0.3, 0.4) is 0 Å². The Kier molecular flexibility index (Phi) is 4.85. The number of nitrogens with zero attached hydrogens (tertiary/aromatic N) is 1. The van der Waals surface area contributed by atoms with Crippen LogP contribution in [-0.4, -0.2) is 11.9 Å². The number of hydrogen-bond acceptors (Lipinski definition) is 4. The first kappa shape index (κ1) is 15.9. The normalized spacial score (nSPS) is 10.7. The second-order valence-corrected chi connectivity index (χ2v) is 4.54. The predicted octanol–water partition coefficient (Wildman–Crippen LogP) is 1.73. The van der Waals surface area contributed by atoms with Crippen LogP contribution in [0.25, 0.3) is 6.08 Å². The highest BCUT2D eigenvalue weighted by atomic mass is 19.1. The fourth-order valence-electron chi connectivity index (χ4n) is 1.80. The molecular formula is C17H10FN2O3-. The lowest BCUT2D eigenvalue weighted by atomic mass is 10.1. The monoisotopic (exact) mass is 309 g/mol. The molecule has 0 saturated carbocycles. The molecule has 0 unspecified atom stereocenters. The zero-order chi connectivity index (χ0) is 16.8. The molecule has 0 saturated heterocycles. The van der Waals surface area contributed by atoms with Crippen LogP contribution in [0.15, 0.2) is 54.1 Å². The Bertz CT molecular complexity index is 820. The molecule has 23 heavy (non-hydrogen) atoms. The smallest absolute Gasteiger partial charge is 0.266 e. The largest absolute Gasteiger partial charge is 0.545 e. The van der Waals surface area contributed by atoms with Gasteiger partial charge in [0.15, 0.2) is 0 Å². The zero-order valence-corrected chi connectivity index (χ0v) is 11.7. The third-order valence-electron chi connectivity index (χ3n) is 2.90. The Balaban J connectivity index is 2.17. The van der Waals surface area contributed by atoms with Crippen LogP contribution in [0.5, 0.6) is 0 Å². The van der Waals surface area contributed by atoms with E-state index in [1.807, 2.05) is 0 Å². The lowest BCUT2D eigenvalue weighted by Gasteiger charge is -2.06. The van der Waals surface area contributed by atoms with Gasteiger partial charge in [-0.05, 0) is 41.5 Å². The lowest BCUT2D eigenvalue weighted by molar-refractivity contribution is -0.255. The minimum atomic E-state index is -1.33. The van der Waals surface area contributed by atoms with Gasteiger partial charge >= 0.3 is 0 Å². The SMILES string of the molecule is N#C/C(=C\c1cccc(F)c1)C(=O)Nc1ccc(C(=O)[O-])cc1. The number of anilines is 1. The van der Waals surface area contributed by atoms with Gasteiger partial charge in [0, 0.05) is 5.69 Å². The summed E-state index contributed by atoms with van der Waals surface area (Å²) < 4.78 is 13.1. The van der Waals surface area contributed by atoms with Crippen LogP contribution in [0.2, 0.25) is 0 Å². The van der Waals surface area contributed by atoms with Gasteiger partial charge in [0.2, 0.25) is 0 Å². The van der Waals surface area contributed by atoms with Crippen molar-refractivity contribution in [3.8, 4) is 6.07 Å². The minimum Gasteiger partial charge on any atom is -0.545 e. The summed E-state index contributed by atoms with van der Waals surface area (Å²) in [6, 6.07) is 12.5. The molecule has 0 aliphatic rings. The predicted molar refractivity (Wildman–Crippen MR) is 79.4 cm³/mol. The first-order valence-corrected chi connectivity index (χ1v) is 6.50. The summed E-state index contributed by atoms with van der Waals surface area (Å²) in [5.74, 6) is -2.49.